The van der Waals surface area contributed by atoms with Crippen molar-refractivity contribution in [1.82, 2.24) is 14.9 Å². The number of sulfonamides is 1. The van der Waals surface area contributed by atoms with Crippen LogP contribution in [0, 0.1) is 0 Å². The van der Waals surface area contributed by atoms with Crippen molar-refractivity contribution >= 4 is 15.9 Å². The lowest BCUT2D eigenvalue weighted by molar-refractivity contribution is -0.120. The van der Waals surface area contributed by atoms with Gasteiger partial charge in [-0.15, -0.1) is 0 Å². The Balaban J connectivity index is 1.99. The number of nitrogens with zero attached hydrogens (tertiary/aromatic N) is 1. The van der Waals surface area contributed by atoms with Crippen LogP contribution in [0.5, 0.6) is 0 Å². The van der Waals surface area contributed by atoms with Gasteiger partial charge in [-0.3, -0.25) is 9.69 Å². The lowest BCUT2D eigenvalue weighted by Gasteiger charge is -2.31. The van der Waals surface area contributed by atoms with E-state index in [0.717, 1.165) is 19.3 Å². The van der Waals surface area contributed by atoms with E-state index in [1.54, 1.807) is 0 Å². The summed E-state index contributed by atoms with van der Waals surface area (Å²) in [5.41, 5.74) is 1.18. The van der Waals surface area contributed by atoms with Gasteiger partial charge in [-0.25, -0.2) is 13.1 Å². The zero-order valence-electron chi connectivity index (χ0n) is 14.2. The number of carbonyl (C=O) groups is 1. The van der Waals surface area contributed by atoms with Gasteiger partial charge in [-0.05, 0) is 31.5 Å². The monoisotopic (exact) mass is 353 g/mol. The molecule has 1 fully saturated rings. The van der Waals surface area contributed by atoms with Crippen molar-refractivity contribution in [2.75, 3.05) is 32.4 Å². The number of nitrogens with one attached hydrogen (secondary N) is 2. The lowest BCUT2D eigenvalue weighted by Crippen LogP contribution is -2.42. The van der Waals surface area contributed by atoms with Crippen molar-refractivity contribution in [3.8, 4) is 0 Å². The molecule has 2 rings (SSSR count). The van der Waals surface area contributed by atoms with Crippen LogP contribution >= 0.6 is 0 Å². The third-order valence-corrected chi connectivity index (χ3v) is 4.92. The Morgan fingerprint density at radius 3 is 2.33 bits per heavy atom. The molecule has 0 unspecified atom stereocenters. The average Bonchev–Trinajstić information content (AvgIpc) is 2.83. The highest BCUT2D eigenvalue weighted by molar-refractivity contribution is 7.88. The minimum Gasteiger partial charge on any atom is -0.353 e. The minimum absolute atomic E-state index is 0.117. The van der Waals surface area contributed by atoms with E-state index in [-0.39, 0.29) is 18.5 Å². The summed E-state index contributed by atoms with van der Waals surface area (Å²) in [7, 11) is -3.36. The van der Waals surface area contributed by atoms with Crippen LogP contribution in [0.4, 0.5) is 0 Å². The van der Waals surface area contributed by atoms with Gasteiger partial charge in [-0.1, -0.05) is 43.2 Å². The fourth-order valence-corrected chi connectivity index (χ4v) is 3.40. The number of hydrogen-bond acceptors (Lipinski definition) is 4. The summed E-state index contributed by atoms with van der Waals surface area (Å²) in [6.07, 6.45) is 5.90. The van der Waals surface area contributed by atoms with Gasteiger partial charge in [0.25, 0.3) is 0 Å². The number of amides is 1. The first kappa shape index (κ1) is 18.9. The van der Waals surface area contributed by atoms with Crippen molar-refractivity contribution in [3.05, 3.63) is 35.9 Å². The largest absolute Gasteiger partial charge is 0.353 e. The normalized spacial score (nSPS) is 17.9. The highest BCUT2D eigenvalue weighted by Crippen LogP contribution is 2.23. The molecule has 1 aromatic carbocycles. The Morgan fingerprint density at radius 1 is 1.12 bits per heavy atom. The fraction of sp³-hybridized carbons (Fsp3) is 0.588. The molecule has 0 bridgehead atoms. The van der Waals surface area contributed by atoms with E-state index in [4.69, 9.17) is 0 Å². The molecule has 1 heterocycles. The zero-order chi connectivity index (χ0) is 17.4. The molecule has 134 valence electrons. The van der Waals surface area contributed by atoms with Crippen LogP contribution < -0.4 is 10.0 Å². The van der Waals surface area contributed by atoms with Gasteiger partial charge >= 0.3 is 0 Å². The second-order valence-electron chi connectivity index (χ2n) is 6.27. The topological polar surface area (TPSA) is 78.5 Å². The Bertz CT molecular complexity index is 611. The Hall–Kier alpha value is -1.44. The first-order valence-corrected chi connectivity index (χ1v) is 10.4. The summed E-state index contributed by atoms with van der Waals surface area (Å²) in [6.45, 7) is 2.31. The van der Waals surface area contributed by atoms with Gasteiger partial charge in [-0.2, -0.15) is 0 Å². The maximum atomic E-state index is 11.9. The molecule has 0 aliphatic carbocycles. The molecule has 1 aliphatic rings. The lowest BCUT2D eigenvalue weighted by atomic mass is 10.0. The smallest absolute Gasteiger partial charge is 0.235 e. The molecule has 0 aromatic heterocycles. The van der Waals surface area contributed by atoms with E-state index in [1.165, 1.54) is 31.2 Å². The fourth-order valence-electron chi connectivity index (χ4n) is 3.01. The van der Waals surface area contributed by atoms with Gasteiger partial charge in [0.2, 0.25) is 15.9 Å². The van der Waals surface area contributed by atoms with Crippen LogP contribution in [0.15, 0.2) is 30.3 Å². The number of benzene rings is 1. The molecule has 2 N–H and O–H groups in total. The van der Waals surface area contributed by atoms with E-state index in [9.17, 15) is 13.2 Å². The molecule has 24 heavy (non-hydrogen) atoms. The molecule has 6 nitrogen and oxygen atoms in total. The maximum Gasteiger partial charge on any atom is 0.235 e. The Morgan fingerprint density at radius 2 is 1.75 bits per heavy atom. The quantitative estimate of drug-likeness (QED) is 0.774. The van der Waals surface area contributed by atoms with Crippen molar-refractivity contribution < 1.29 is 13.2 Å². The second-order valence-corrected chi connectivity index (χ2v) is 8.11. The van der Waals surface area contributed by atoms with Crippen molar-refractivity contribution in [3.63, 3.8) is 0 Å². The summed E-state index contributed by atoms with van der Waals surface area (Å²) in [5.74, 6) is -0.309. The van der Waals surface area contributed by atoms with Crippen LogP contribution in [-0.4, -0.2) is 51.7 Å². The summed E-state index contributed by atoms with van der Waals surface area (Å²) in [6, 6.07) is 10.3. The van der Waals surface area contributed by atoms with E-state index in [0.29, 0.717) is 6.54 Å². The molecule has 1 amide bonds. The number of likely N-dealkylation sites (tertiary alicyclic amines) is 1. The molecule has 0 spiro atoms. The first-order valence-electron chi connectivity index (χ1n) is 8.46. The van der Waals surface area contributed by atoms with Crippen LogP contribution in [-0.2, 0) is 14.8 Å². The minimum atomic E-state index is -3.36. The van der Waals surface area contributed by atoms with Crippen LogP contribution in [0.1, 0.15) is 37.3 Å². The highest BCUT2D eigenvalue weighted by atomic mass is 32.2. The van der Waals surface area contributed by atoms with Crippen LogP contribution in [0.25, 0.3) is 0 Å². The molecule has 0 radical (unpaired) electrons. The first-order chi connectivity index (χ1) is 11.5. The predicted molar refractivity (Wildman–Crippen MR) is 95.1 cm³/mol. The maximum absolute atomic E-state index is 11.9. The zero-order valence-corrected chi connectivity index (χ0v) is 15.0. The molecule has 1 saturated heterocycles. The molecule has 1 aromatic rings. The Labute approximate surface area is 144 Å². The summed E-state index contributed by atoms with van der Waals surface area (Å²) in [5, 5.41) is 2.86. The number of rotatable bonds is 7. The van der Waals surface area contributed by atoms with Gasteiger partial charge < -0.3 is 5.32 Å². The van der Waals surface area contributed by atoms with E-state index in [2.05, 4.69) is 27.1 Å². The third kappa shape index (κ3) is 6.59. The molecule has 1 atom stereocenters. The van der Waals surface area contributed by atoms with Gasteiger partial charge in [0.05, 0.1) is 18.8 Å². The van der Waals surface area contributed by atoms with Gasteiger partial charge in [0.1, 0.15) is 0 Å². The summed E-state index contributed by atoms with van der Waals surface area (Å²) < 4.78 is 24.4. The molecule has 1 aliphatic heterocycles. The second kappa shape index (κ2) is 9.15. The molecular formula is C17H27N3O3S. The highest BCUT2D eigenvalue weighted by Gasteiger charge is 2.22. The van der Waals surface area contributed by atoms with E-state index < -0.39 is 10.0 Å². The summed E-state index contributed by atoms with van der Waals surface area (Å²) >= 11 is 0. The molecular weight excluding hydrogens is 326 g/mol. The van der Waals surface area contributed by atoms with Crippen LogP contribution in [0.3, 0.4) is 0 Å². The number of hydrogen-bond donors (Lipinski definition) is 2. The SMILES string of the molecule is CS(=O)(=O)NCC(=O)NC[C@@H](c1ccccc1)N1CCCCCC1. The number of carbonyl (C=O) groups excluding carboxylic acids is 1. The standard InChI is InChI=1S/C17H27N3O3S/c1-24(22,23)19-14-17(21)18-13-16(15-9-5-4-6-10-15)20-11-7-2-3-8-12-20/h4-6,9-10,16,19H,2-3,7-8,11-14H2,1H3,(H,18,21)/t16-/m0/s1. The Kier molecular flexibility index (Phi) is 7.20. The third-order valence-electron chi connectivity index (χ3n) is 4.25. The van der Waals surface area contributed by atoms with Gasteiger partial charge in [0.15, 0.2) is 0 Å². The van der Waals surface area contributed by atoms with E-state index >= 15 is 0 Å². The molecule has 7 heteroatoms. The van der Waals surface area contributed by atoms with Crippen LogP contribution in [0.2, 0.25) is 0 Å². The van der Waals surface area contributed by atoms with Crippen molar-refractivity contribution in [2.45, 2.75) is 31.7 Å². The average molecular weight is 353 g/mol. The van der Waals surface area contributed by atoms with Crippen molar-refractivity contribution in [1.29, 1.82) is 0 Å². The summed E-state index contributed by atoms with van der Waals surface area (Å²) in [4.78, 5) is 14.3. The predicted octanol–water partition coefficient (Wildman–Crippen LogP) is 1.27. The van der Waals surface area contributed by atoms with Crippen molar-refractivity contribution in [2.24, 2.45) is 0 Å². The molecule has 0 saturated carbocycles. The van der Waals surface area contributed by atoms with Gasteiger partial charge in [0, 0.05) is 6.54 Å². The van der Waals surface area contributed by atoms with E-state index in [1.807, 2.05) is 18.2 Å².